The van der Waals surface area contributed by atoms with Crippen LogP contribution in [0.25, 0.3) is 6.08 Å². The van der Waals surface area contributed by atoms with E-state index in [1.165, 1.54) is 37.0 Å². The van der Waals surface area contributed by atoms with E-state index in [4.69, 9.17) is 14.2 Å². The van der Waals surface area contributed by atoms with E-state index in [0.717, 1.165) is 11.3 Å². The molecule has 0 saturated carbocycles. The molecule has 1 aromatic heterocycles. The number of rotatable bonds is 7. The van der Waals surface area contributed by atoms with Gasteiger partial charge in [0, 0.05) is 0 Å². The van der Waals surface area contributed by atoms with Gasteiger partial charge in [-0.1, -0.05) is 41.7 Å². The lowest BCUT2D eigenvalue weighted by atomic mass is 9.96. The van der Waals surface area contributed by atoms with Gasteiger partial charge in [-0.05, 0) is 31.6 Å². The standard InChI is InChI=1S/C25H23N3O7S/c1-5-35-24(30)21-14(2)26-25-27(22(21)15-9-7-6-8-10-15)23(29)20(36-25)12-16-11-18(33-3)19(34-4)13-17(16)28(31)32/h6-13,22H,5H2,1-4H3/b20-12-/t22-/m1/s1. The van der Waals surface area contributed by atoms with Crippen molar-refractivity contribution in [1.29, 1.82) is 0 Å². The van der Waals surface area contributed by atoms with Gasteiger partial charge in [-0.3, -0.25) is 19.5 Å². The lowest BCUT2D eigenvalue weighted by molar-refractivity contribution is -0.385. The van der Waals surface area contributed by atoms with Crippen LogP contribution in [0.3, 0.4) is 0 Å². The first-order valence-corrected chi connectivity index (χ1v) is 11.8. The summed E-state index contributed by atoms with van der Waals surface area (Å²) in [6.45, 7) is 3.57. The molecule has 2 heterocycles. The molecule has 3 aromatic rings. The first-order valence-electron chi connectivity index (χ1n) is 11.0. The molecular formula is C25H23N3O7S. The van der Waals surface area contributed by atoms with Gasteiger partial charge in [-0.2, -0.15) is 0 Å². The van der Waals surface area contributed by atoms with Crippen LogP contribution in [0.4, 0.5) is 5.69 Å². The largest absolute Gasteiger partial charge is 0.493 e. The molecule has 0 saturated heterocycles. The average molecular weight is 510 g/mol. The van der Waals surface area contributed by atoms with E-state index in [1.54, 1.807) is 13.8 Å². The molecule has 0 spiro atoms. The smallest absolute Gasteiger partial charge is 0.338 e. The van der Waals surface area contributed by atoms with E-state index in [1.807, 2.05) is 30.3 Å². The number of methoxy groups -OCH3 is 2. The first kappa shape index (κ1) is 24.9. The van der Waals surface area contributed by atoms with Crippen LogP contribution in [-0.4, -0.2) is 36.3 Å². The second-order valence-electron chi connectivity index (χ2n) is 7.74. The molecule has 36 heavy (non-hydrogen) atoms. The highest BCUT2D eigenvalue weighted by molar-refractivity contribution is 7.07. The van der Waals surface area contributed by atoms with Crippen LogP contribution in [0.2, 0.25) is 0 Å². The first-order chi connectivity index (χ1) is 17.3. The number of thiazole rings is 1. The van der Waals surface area contributed by atoms with Crippen LogP contribution in [0.1, 0.15) is 31.0 Å². The number of allylic oxidation sites excluding steroid dienone is 1. The molecule has 10 nitrogen and oxygen atoms in total. The summed E-state index contributed by atoms with van der Waals surface area (Å²) < 4.78 is 17.4. The molecular weight excluding hydrogens is 486 g/mol. The number of hydrogen-bond donors (Lipinski definition) is 0. The van der Waals surface area contributed by atoms with Gasteiger partial charge in [0.15, 0.2) is 16.3 Å². The molecule has 11 heteroatoms. The van der Waals surface area contributed by atoms with Crippen LogP contribution in [0.5, 0.6) is 11.5 Å². The molecule has 0 aliphatic carbocycles. The quantitative estimate of drug-likeness (QED) is 0.273. The zero-order valence-corrected chi connectivity index (χ0v) is 20.8. The number of hydrogen-bond acceptors (Lipinski definition) is 9. The van der Waals surface area contributed by atoms with Gasteiger partial charge >= 0.3 is 5.97 Å². The Labute approximate surface area is 209 Å². The van der Waals surface area contributed by atoms with Crippen molar-refractivity contribution in [2.75, 3.05) is 20.8 Å². The fourth-order valence-corrected chi connectivity index (χ4v) is 5.08. The molecule has 0 radical (unpaired) electrons. The molecule has 0 unspecified atom stereocenters. The number of fused-ring (bicyclic) bond motifs is 1. The van der Waals surface area contributed by atoms with Crippen molar-refractivity contribution in [1.82, 2.24) is 4.57 Å². The lowest BCUT2D eigenvalue weighted by Crippen LogP contribution is -2.39. The monoisotopic (exact) mass is 509 g/mol. The maximum absolute atomic E-state index is 13.7. The molecule has 4 rings (SSSR count). The number of ether oxygens (including phenoxy) is 3. The van der Waals surface area contributed by atoms with Gasteiger partial charge in [-0.25, -0.2) is 9.79 Å². The van der Waals surface area contributed by atoms with Gasteiger partial charge < -0.3 is 14.2 Å². The summed E-state index contributed by atoms with van der Waals surface area (Å²) in [5, 5.41) is 11.8. The number of nitro benzene ring substituents is 1. The molecule has 1 atom stereocenters. The third-order valence-corrected chi connectivity index (χ3v) is 6.63. The molecule has 0 bridgehead atoms. The highest BCUT2D eigenvalue weighted by Gasteiger charge is 2.33. The van der Waals surface area contributed by atoms with E-state index < -0.39 is 22.5 Å². The molecule has 0 fully saturated rings. The molecule has 1 aliphatic heterocycles. The van der Waals surface area contributed by atoms with Gasteiger partial charge in [-0.15, -0.1) is 0 Å². The number of benzene rings is 2. The Morgan fingerprint density at radius 1 is 1.19 bits per heavy atom. The number of carbonyl (C=O) groups excluding carboxylic acids is 1. The Hall–Kier alpha value is -4.25. The average Bonchev–Trinajstić information content (AvgIpc) is 3.17. The van der Waals surface area contributed by atoms with Gasteiger partial charge in [0.2, 0.25) is 0 Å². The zero-order chi connectivity index (χ0) is 26.0. The lowest BCUT2D eigenvalue weighted by Gasteiger charge is -2.24. The van der Waals surface area contributed by atoms with Crippen LogP contribution in [0.15, 0.2) is 63.5 Å². The number of nitro groups is 1. The maximum Gasteiger partial charge on any atom is 0.338 e. The third kappa shape index (κ3) is 4.40. The van der Waals surface area contributed by atoms with Crippen molar-refractivity contribution in [3.05, 3.63) is 94.7 Å². The minimum Gasteiger partial charge on any atom is -0.493 e. The molecule has 2 aromatic carbocycles. The van der Waals surface area contributed by atoms with Crippen molar-refractivity contribution in [2.24, 2.45) is 4.99 Å². The van der Waals surface area contributed by atoms with Crippen LogP contribution in [0, 0.1) is 10.1 Å². The van der Waals surface area contributed by atoms with Gasteiger partial charge in [0.05, 0.1) is 59.2 Å². The Kier molecular flexibility index (Phi) is 7.02. The molecule has 186 valence electrons. The number of aromatic nitrogens is 1. The highest BCUT2D eigenvalue weighted by atomic mass is 32.1. The number of carbonyl (C=O) groups is 1. The minimum atomic E-state index is -0.760. The summed E-state index contributed by atoms with van der Waals surface area (Å²) in [5.41, 5.74) is 0.888. The fraction of sp³-hybridized carbons (Fsp3) is 0.240. The number of nitrogens with zero attached hydrogens (tertiary/aromatic N) is 3. The van der Waals surface area contributed by atoms with Crippen molar-refractivity contribution >= 4 is 29.1 Å². The summed E-state index contributed by atoms with van der Waals surface area (Å²) in [6, 6.07) is 11.0. The van der Waals surface area contributed by atoms with E-state index in [-0.39, 0.29) is 39.5 Å². The molecule has 1 aliphatic rings. The van der Waals surface area contributed by atoms with Crippen molar-refractivity contribution in [3.8, 4) is 11.5 Å². The second kappa shape index (κ2) is 10.2. The van der Waals surface area contributed by atoms with Crippen LogP contribution >= 0.6 is 11.3 Å². The van der Waals surface area contributed by atoms with Crippen molar-refractivity contribution < 1.29 is 23.9 Å². The number of esters is 1. The SMILES string of the molecule is CCOC(=O)C1=C(C)N=c2s/c(=C\c3cc(OC)c(OC)cc3[N+](=O)[O-])c(=O)n2[C@@H]1c1ccccc1. The Morgan fingerprint density at radius 2 is 1.86 bits per heavy atom. The van der Waals surface area contributed by atoms with E-state index >= 15 is 0 Å². The van der Waals surface area contributed by atoms with Gasteiger partial charge in [0.1, 0.15) is 0 Å². The van der Waals surface area contributed by atoms with Crippen LogP contribution in [-0.2, 0) is 9.53 Å². The van der Waals surface area contributed by atoms with E-state index in [9.17, 15) is 19.7 Å². The maximum atomic E-state index is 13.7. The molecule has 0 amide bonds. The summed E-state index contributed by atoms with van der Waals surface area (Å²) in [7, 11) is 2.80. The second-order valence-corrected chi connectivity index (χ2v) is 8.75. The van der Waals surface area contributed by atoms with Crippen molar-refractivity contribution in [2.45, 2.75) is 19.9 Å². The van der Waals surface area contributed by atoms with Crippen LogP contribution < -0.4 is 24.4 Å². The molecule has 0 N–H and O–H groups in total. The topological polar surface area (TPSA) is 122 Å². The minimum absolute atomic E-state index is 0.167. The normalized spacial score (nSPS) is 15.2. The predicted molar refractivity (Wildman–Crippen MR) is 133 cm³/mol. The van der Waals surface area contributed by atoms with E-state index in [2.05, 4.69) is 4.99 Å². The summed E-state index contributed by atoms with van der Waals surface area (Å²) in [6.07, 6.45) is 1.43. The third-order valence-electron chi connectivity index (χ3n) is 5.65. The van der Waals surface area contributed by atoms with Gasteiger partial charge in [0.25, 0.3) is 11.2 Å². The predicted octanol–water partition coefficient (Wildman–Crippen LogP) is 2.72. The highest BCUT2D eigenvalue weighted by Crippen LogP contribution is 2.35. The summed E-state index contributed by atoms with van der Waals surface area (Å²) in [4.78, 5) is 42.7. The van der Waals surface area contributed by atoms with E-state index in [0.29, 0.717) is 16.1 Å². The summed E-state index contributed by atoms with van der Waals surface area (Å²) >= 11 is 1.08. The Balaban J connectivity index is 1.98. The zero-order valence-electron chi connectivity index (χ0n) is 20.0. The summed E-state index contributed by atoms with van der Waals surface area (Å²) in [5.74, 6) is -0.0799. The Morgan fingerprint density at radius 3 is 2.47 bits per heavy atom. The Bertz CT molecular complexity index is 1550. The van der Waals surface area contributed by atoms with Crippen molar-refractivity contribution in [3.63, 3.8) is 0 Å². The fourth-order valence-electron chi connectivity index (χ4n) is 4.04.